The molecule has 2 aromatic rings. The van der Waals surface area contributed by atoms with Crippen LogP contribution in [0.5, 0.6) is 0 Å². The highest BCUT2D eigenvalue weighted by Crippen LogP contribution is 2.41. The van der Waals surface area contributed by atoms with Gasteiger partial charge in [-0.25, -0.2) is 4.98 Å². The van der Waals surface area contributed by atoms with Crippen LogP contribution in [0.1, 0.15) is 29.1 Å². The number of aliphatic hydroxyl groups excluding tert-OH is 2. The molecule has 1 saturated heterocycles. The van der Waals surface area contributed by atoms with E-state index in [1.165, 1.54) is 11.3 Å². The van der Waals surface area contributed by atoms with Crippen LogP contribution < -0.4 is 0 Å². The number of hydrogen-bond donors (Lipinski definition) is 2. The van der Waals surface area contributed by atoms with Crippen LogP contribution in [0, 0.1) is 6.92 Å². The van der Waals surface area contributed by atoms with Crippen molar-refractivity contribution >= 4 is 11.3 Å². The first-order chi connectivity index (χ1) is 11.1. The molecule has 0 spiro atoms. The summed E-state index contributed by atoms with van der Waals surface area (Å²) in [7, 11) is 0. The number of thiazole rings is 1. The lowest BCUT2D eigenvalue weighted by Crippen LogP contribution is -2.46. The Hall–Kier alpha value is -1.27. The van der Waals surface area contributed by atoms with Crippen LogP contribution >= 0.6 is 11.3 Å². The highest BCUT2D eigenvalue weighted by Gasteiger charge is 2.39. The first kappa shape index (κ1) is 16.6. The van der Waals surface area contributed by atoms with Gasteiger partial charge in [-0.1, -0.05) is 30.3 Å². The number of benzene rings is 1. The van der Waals surface area contributed by atoms with Crippen LogP contribution in [0.4, 0.5) is 0 Å². The lowest BCUT2D eigenvalue weighted by atomic mass is 9.70. The molecule has 4 nitrogen and oxygen atoms in total. The number of aromatic nitrogens is 1. The summed E-state index contributed by atoms with van der Waals surface area (Å²) in [6.07, 6.45) is 1.32. The van der Waals surface area contributed by atoms with E-state index >= 15 is 0 Å². The second-order valence-corrected chi connectivity index (χ2v) is 7.40. The van der Waals surface area contributed by atoms with Gasteiger partial charge in [0.1, 0.15) is 0 Å². The van der Waals surface area contributed by atoms with Gasteiger partial charge in [-0.15, -0.1) is 11.3 Å². The standard InChI is InChI=1S/C18H24N2O2S/c1-14-19-17(13-23-14)18(15-5-3-2-4-6-15)7-9-20(10-8-18)11-16(22)12-21/h2-6,13,16,21-22H,7-12H2,1H3. The summed E-state index contributed by atoms with van der Waals surface area (Å²) < 4.78 is 0. The summed E-state index contributed by atoms with van der Waals surface area (Å²) in [5.41, 5.74) is 2.47. The summed E-state index contributed by atoms with van der Waals surface area (Å²) in [5, 5.41) is 22.0. The molecule has 2 heterocycles. The van der Waals surface area contributed by atoms with Gasteiger partial charge in [0.15, 0.2) is 0 Å². The highest BCUT2D eigenvalue weighted by molar-refractivity contribution is 7.09. The van der Waals surface area contributed by atoms with Crippen molar-refractivity contribution in [3.63, 3.8) is 0 Å². The van der Waals surface area contributed by atoms with Crippen molar-refractivity contribution < 1.29 is 10.2 Å². The summed E-state index contributed by atoms with van der Waals surface area (Å²) in [6, 6.07) is 10.6. The third-order valence-electron chi connectivity index (χ3n) is 4.83. The largest absolute Gasteiger partial charge is 0.394 e. The zero-order valence-corrected chi connectivity index (χ0v) is 14.3. The summed E-state index contributed by atoms with van der Waals surface area (Å²) in [5.74, 6) is 0. The van der Waals surface area contributed by atoms with E-state index in [1.807, 2.05) is 0 Å². The Labute approximate surface area is 141 Å². The number of rotatable bonds is 5. The third kappa shape index (κ3) is 3.48. The number of β-amino-alcohol motifs (C(OH)–C–C–N with tert-alkyl or cyclic N) is 1. The average Bonchev–Trinajstić information content (AvgIpc) is 3.03. The van der Waals surface area contributed by atoms with Gasteiger partial charge in [-0.2, -0.15) is 0 Å². The molecule has 3 rings (SSSR count). The van der Waals surface area contributed by atoms with Crippen molar-refractivity contribution in [2.24, 2.45) is 0 Å². The first-order valence-electron chi connectivity index (χ1n) is 8.13. The van der Waals surface area contributed by atoms with E-state index in [1.54, 1.807) is 11.3 Å². The van der Waals surface area contributed by atoms with Crippen LogP contribution in [0.3, 0.4) is 0 Å². The molecule has 1 atom stereocenters. The molecule has 5 heteroatoms. The Kier molecular flexibility index (Phi) is 5.11. The van der Waals surface area contributed by atoms with Crippen LogP contribution in [0.2, 0.25) is 0 Å². The van der Waals surface area contributed by atoms with Gasteiger partial charge in [0, 0.05) is 17.3 Å². The summed E-state index contributed by atoms with van der Waals surface area (Å²) in [4.78, 5) is 7.03. The minimum atomic E-state index is -0.652. The maximum absolute atomic E-state index is 9.68. The van der Waals surface area contributed by atoms with E-state index in [0.717, 1.165) is 30.9 Å². The van der Waals surface area contributed by atoms with E-state index in [-0.39, 0.29) is 12.0 Å². The van der Waals surface area contributed by atoms with Gasteiger partial charge in [0.25, 0.3) is 0 Å². The van der Waals surface area contributed by atoms with Gasteiger partial charge in [-0.05, 0) is 38.4 Å². The maximum atomic E-state index is 9.68. The Morgan fingerprint density at radius 1 is 1.26 bits per heavy atom. The van der Waals surface area contributed by atoms with Crippen LogP contribution in [0.25, 0.3) is 0 Å². The van der Waals surface area contributed by atoms with Crippen molar-refractivity contribution in [2.75, 3.05) is 26.2 Å². The topological polar surface area (TPSA) is 56.6 Å². The molecular formula is C18H24N2O2S. The van der Waals surface area contributed by atoms with E-state index in [2.05, 4.69) is 47.5 Å². The Bertz CT molecular complexity index is 621. The van der Waals surface area contributed by atoms with E-state index in [4.69, 9.17) is 10.1 Å². The molecule has 0 aliphatic carbocycles. The van der Waals surface area contributed by atoms with E-state index in [9.17, 15) is 5.11 Å². The molecule has 1 aliphatic rings. The van der Waals surface area contributed by atoms with Crippen LogP contribution in [-0.4, -0.2) is 52.4 Å². The van der Waals surface area contributed by atoms with Crippen molar-refractivity contribution in [3.8, 4) is 0 Å². The van der Waals surface area contributed by atoms with Crippen LogP contribution in [-0.2, 0) is 5.41 Å². The fourth-order valence-corrected chi connectivity index (χ4v) is 4.22. The van der Waals surface area contributed by atoms with Gasteiger partial charge in [0.2, 0.25) is 0 Å². The number of piperidine rings is 1. The van der Waals surface area contributed by atoms with E-state index in [0.29, 0.717) is 6.54 Å². The molecule has 1 aromatic heterocycles. The number of likely N-dealkylation sites (tertiary alicyclic amines) is 1. The molecule has 0 amide bonds. The Morgan fingerprint density at radius 2 is 1.96 bits per heavy atom. The molecule has 1 aromatic carbocycles. The molecule has 0 saturated carbocycles. The van der Waals surface area contributed by atoms with E-state index < -0.39 is 6.10 Å². The maximum Gasteiger partial charge on any atom is 0.0897 e. The molecule has 23 heavy (non-hydrogen) atoms. The molecule has 0 bridgehead atoms. The van der Waals surface area contributed by atoms with Crippen molar-refractivity contribution in [2.45, 2.75) is 31.3 Å². The molecule has 2 N–H and O–H groups in total. The van der Waals surface area contributed by atoms with Gasteiger partial charge >= 0.3 is 0 Å². The predicted octanol–water partition coefficient (Wildman–Crippen LogP) is 2.19. The molecule has 1 fully saturated rings. The highest BCUT2D eigenvalue weighted by atomic mass is 32.1. The zero-order valence-electron chi connectivity index (χ0n) is 13.5. The van der Waals surface area contributed by atoms with Crippen molar-refractivity contribution in [1.29, 1.82) is 0 Å². The number of hydrogen-bond acceptors (Lipinski definition) is 5. The zero-order chi connectivity index (χ0) is 16.3. The molecular weight excluding hydrogens is 308 g/mol. The Balaban J connectivity index is 1.85. The van der Waals surface area contributed by atoms with Gasteiger partial charge in [0.05, 0.1) is 23.4 Å². The summed E-state index contributed by atoms with van der Waals surface area (Å²) in [6.45, 7) is 4.23. The Morgan fingerprint density at radius 3 is 2.52 bits per heavy atom. The third-order valence-corrected chi connectivity index (χ3v) is 5.60. The van der Waals surface area contributed by atoms with Crippen molar-refractivity contribution in [1.82, 2.24) is 9.88 Å². The minimum Gasteiger partial charge on any atom is -0.394 e. The lowest BCUT2D eigenvalue weighted by Gasteiger charge is -2.42. The average molecular weight is 332 g/mol. The number of aryl methyl sites for hydroxylation is 1. The molecule has 124 valence electrons. The first-order valence-corrected chi connectivity index (χ1v) is 9.01. The second kappa shape index (κ2) is 7.09. The molecule has 1 aliphatic heterocycles. The SMILES string of the molecule is Cc1nc(C2(c3ccccc3)CCN(CC(O)CO)CC2)cs1. The molecule has 0 radical (unpaired) electrons. The number of nitrogens with zero attached hydrogens (tertiary/aromatic N) is 2. The van der Waals surface area contributed by atoms with Gasteiger partial charge < -0.3 is 15.1 Å². The monoisotopic (exact) mass is 332 g/mol. The smallest absolute Gasteiger partial charge is 0.0897 e. The normalized spacial score (nSPS) is 19.6. The van der Waals surface area contributed by atoms with Crippen molar-refractivity contribution in [3.05, 3.63) is 52.0 Å². The molecule has 1 unspecified atom stereocenters. The predicted molar refractivity (Wildman–Crippen MR) is 92.8 cm³/mol. The second-order valence-electron chi connectivity index (χ2n) is 6.34. The minimum absolute atomic E-state index is 0.0350. The number of aliphatic hydroxyl groups is 2. The van der Waals surface area contributed by atoms with Gasteiger partial charge in [-0.3, -0.25) is 0 Å². The lowest BCUT2D eigenvalue weighted by molar-refractivity contribution is 0.0463. The summed E-state index contributed by atoms with van der Waals surface area (Å²) >= 11 is 1.71. The quantitative estimate of drug-likeness (QED) is 0.881. The fourth-order valence-electron chi connectivity index (χ4n) is 3.51. The fraction of sp³-hybridized carbons (Fsp3) is 0.500. The van der Waals surface area contributed by atoms with Crippen LogP contribution in [0.15, 0.2) is 35.7 Å².